The molecule has 0 bridgehead atoms. The van der Waals surface area contributed by atoms with Gasteiger partial charge in [0.2, 0.25) is 0 Å². The van der Waals surface area contributed by atoms with Gasteiger partial charge in [0.15, 0.2) is 0 Å². The van der Waals surface area contributed by atoms with Gasteiger partial charge in [-0.2, -0.15) is 18.3 Å². The molecule has 0 unspecified atom stereocenters. The Hall–Kier alpha value is -2.43. The molecule has 2 aromatic rings. The molecule has 0 atom stereocenters. The van der Waals surface area contributed by atoms with Crippen LogP contribution in [0.2, 0.25) is 0 Å². The Labute approximate surface area is 166 Å². The lowest BCUT2D eigenvalue weighted by molar-refractivity contribution is -0.192. The highest BCUT2D eigenvalue weighted by Crippen LogP contribution is 2.25. The summed E-state index contributed by atoms with van der Waals surface area (Å²) in [7, 11) is 0. The van der Waals surface area contributed by atoms with E-state index < -0.39 is 12.1 Å². The van der Waals surface area contributed by atoms with Crippen molar-refractivity contribution in [2.24, 2.45) is 5.92 Å². The number of halogens is 3. The minimum absolute atomic E-state index is 0.711. The summed E-state index contributed by atoms with van der Waals surface area (Å²) in [6, 6.07) is 0. The van der Waals surface area contributed by atoms with Crippen LogP contribution in [0.5, 0.6) is 0 Å². The lowest BCUT2D eigenvalue weighted by atomic mass is 9.89. The third kappa shape index (κ3) is 6.28. The number of aromatic nitrogens is 5. The van der Waals surface area contributed by atoms with Gasteiger partial charge in [0, 0.05) is 25.8 Å². The van der Waals surface area contributed by atoms with Crippen molar-refractivity contribution in [1.29, 1.82) is 0 Å². The maximum atomic E-state index is 10.6. The molecule has 11 heteroatoms. The van der Waals surface area contributed by atoms with Crippen LogP contribution in [0.4, 0.5) is 13.2 Å². The van der Waals surface area contributed by atoms with E-state index in [0.717, 1.165) is 31.2 Å². The summed E-state index contributed by atoms with van der Waals surface area (Å²) in [6.45, 7) is 5.18. The van der Waals surface area contributed by atoms with E-state index in [1.54, 1.807) is 12.7 Å². The molecular weight excluding hydrogens is 389 g/mol. The van der Waals surface area contributed by atoms with Crippen molar-refractivity contribution in [3.8, 4) is 0 Å². The molecule has 0 spiro atoms. The zero-order valence-corrected chi connectivity index (χ0v) is 16.1. The monoisotopic (exact) mass is 414 g/mol. The summed E-state index contributed by atoms with van der Waals surface area (Å²) in [5, 5.41) is 11.3. The molecule has 3 heterocycles. The molecule has 2 aromatic heterocycles. The van der Waals surface area contributed by atoms with Crippen LogP contribution >= 0.6 is 0 Å². The molecule has 8 nitrogen and oxygen atoms in total. The van der Waals surface area contributed by atoms with E-state index in [0.29, 0.717) is 6.54 Å². The molecular formula is C18H25F3N6O2. The number of hydrogen-bond donors (Lipinski definition) is 1. The third-order valence-corrected chi connectivity index (χ3v) is 5.21. The number of rotatable bonds is 4. The molecule has 1 aliphatic carbocycles. The number of aliphatic carboxylic acids is 1. The van der Waals surface area contributed by atoms with Gasteiger partial charge in [-0.3, -0.25) is 4.90 Å². The average molecular weight is 414 g/mol. The zero-order valence-electron chi connectivity index (χ0n) is 16.1. The van der Waals surface area contributed by atoms with Crippen molar-refractivity contribution in [2.75, 3.05) is 13.1 Å². The first kappa shape index (κ1) is 21.3. The number of hydrogen-bond acceptors (Lipinski definition) is 5. The molecule has 0 aromatic carbocycles. The smallest absolute Gasteiger partial charge is 0.475 e. The first-order chi connectivity index (χ1) is 13.8. The second-order valence-electron chi connectivity index (χ2n) is 7.48. The molecule has 1 saturated carbocycles. The van der Waals surface area contributed by atoms with Crippen LogP contribution in [0.1, 0.15) is 43.6 Å². The van der Waals surface area contributed by atoms with Crippen molar-refractivity contribution in [2.45, 2.75) is 57.9 Å². The van der Waals surface area contributed by atoms with Crippen LogP contribution in [-0.2, 0) is 24.4 Å². The van der Waals surface area contributed by atoms with E-state index in [4.69, 9.17) is 14.9 Å². The molecule has 1 N–H and O–H groups in total. The quantitative estimate of drug-likeness (QED) is 0.827. The molecule has 0 saturated heterocycles. The van der Waals surface area contributed by atoms with Gasteiger partial charge in [0.1, 0.15) is 18.5 Å². The number of carbonyl (C=O) groups is 1. The second-order valence-corrected chi connectivity index (χ2v) is 7.48. The van der Waals surface area contributed by atoms with Gasteiger partial charge in [0.25, 0.3) is 0 Å². The molecule has 4 rings (SSSR count). The summed E-state index contributed by atoms with van der Waals surface area (Å²) in [5.41, 5.74) is 1.08. The van der Waals surface area contributed by atoms with Crippen LogP contribution < -0.4 is 0 Å². The van der Waals surface area contributed by atoms with E-state index in [1.165, 1.54) is 44.5 Å². The Bertz CT molecular complexity index is 784. The lowest BCUT2D eigenvalue weighted by Gasteiger charge is -2.32. The van der Waals surface area contributed by atoms with Crippen LogP contribution in [0.15, 0.2) is 18.9 Å². The summed E-state index contributed by atoms with van der Waals surface area (Å²) in [4.78, 5) is 20.3. The first-order valence-electron chi connectivity index (χ1n) is 9.71. The fraction of sp³-hybridized carbons (Fsp3) is 0.667. The predicted octanol–water partition coefficient (Wildman–Crippen LogP) is 2.55. The Morgan fingerprint density at radius 2 is 1.93 bits per heavy atom. The molecule has 1 fully saturated rings. The van der Waals surface area contributed by atoms with Crippen LogP contribution in [0.25, 0.3) is 0 Å². The second kappa shape index (κ2) is 9.38. The molecule has 160 valence electrons. The van der Waals surface area contributed by atoms with E-state index in [2.05, 4.69) is 25.7 Å². The largest absolute Gasteiger partial charge is 0.490 e. The van der Waals surface area contributed by atoms with Gasteiger partial charge < -0.3 is 9.67 Å². The molecule has 0 radical (unpaired) electrons. The van der Waals surface area contributed by atoms with Gasteiger partial charge >= 0.3 is 12.1 Å². The Kier molecular flexibility index (Phi) is 6.88. The van der Waals surface area contributed by atoms with Crippen LogP contribution in [0.3, 0.4) is 0 Å². The summed E-state index contributed by atoms with van der Waals surface area (Å²) in [6.07, 6.45) is 7.53. The highest BCUT2D eigenvalue weighted by Gasteiger charge is 2.38. The standard InChI is InChI=1S/C16H24N6.C2HF3O2/c1-2-4-14(5-3-1)8-20-6-7-21-9-15(19-16(21)11-20)10-22-13-17-12-18-22;3-2(4,5)1(6)7/h9,12-14H,1-8,10-11H2;(H,6,7). The zero-order chi connectivity index (χ0) is 20.9. The van der Waals surface area contributed by atoms with E-state index in [1.807, 2.05) is 4.68 Å². The average Bonchev–Trinajstić information content (AvgIpc) is 3.31. The van der Waals surface area contributed by atoms with E-state index in [9.17, 15) is 13.2 Å². The van der Waals surface area contributed by atoms with Crippen molar-refractivity contribution in [3.05, 3.63) is 30.4 Å². The summed E-state index contributed by atoms with van der Waals surface area (Å²) < 4.78 is 35.9. The molecule has 1 aliphatic heterocycles. The minimum Gasteiger partial charge on any atom is -0.475 e. The SMILES string of the molecule is O=C(O)C(F)(F)F.c1ncn(Cc2cn3c(n2)CN(CC2CCCCC2)CC3)n1. The van der Waals surface area contributed by atoms with Crippen LogP contribution in [-0.4, -0.2) is 59.6 Å². The molecule has 2 aliphatic rings. The summed E-state index contributed by atoms with van der Waals surface area (Å²) >= 11 is 0. The Morgan fingerprint density at radius 3 is 2.55 bits per heavy atom. The fourth-order valence-electron chi connectivity index (χ4n) is 3.81. The van der Waals surface area contributed by atoms with E-state index in [-0.39, 0.29) is 0 Å². The summed E-state index contributed by atoms with van der Waals surface area (Å²) in [5.74, 6) is -0.644. The van der Waals surface area contributed by atoms with Gasteiger partial charge in [-0.1, -0.05) is 19.3 Å². The molecule has 0 amide bonds. The van der Waals surface area contributed by atoms with Gasteiger partial charge in [0.05, 0.1) is 18.8 Å². The van der Waals surface area contributed by atoms with Gasteiger partial charge in [-0.15, -0.1) is 0 Å². The number of carboxylic acid groups (broad SMARTS) is 1. The van der Waals surface area contributed by atoms with Crippen molar-refractivity contribution < 1.29 is 23.1 Å². The maximum Gasteiger partial charge on any atom is 0.490 e. The van der Waals surface area contributed by atoms with Crippen LogP contribution in [0, 0.1) is 5.92 Å². The number of imidazole rings is 1. The maximum absolute atomic E-state index is 10.6. The first-order valence-corrected chi connectivity index (χ1v) is 9.71. The topological polar surface area (TPSA) is 89.1 Å². The predicted molar refractivity (Wildman–Crippen MR) is 96.9 cm³/mol. The highest BCUT2D eigenvalue weighted by molar-refractivity contribution is 5.73. The minimum atomic E-state index is -5.08. The van der Waals surface area contributed by atoms with Crippen molar-refractivity contribution in [3.63, 3.8) is 0 Å². The highest BCUT2D eigenvalue weighted by atomic mass is 19.4. The Morgan fingerprint density at radius 1 is 1.21 bits per heavy atom. The normalized spacial score (nSPS) is 18.0. The van der Waals surface area contributed by atoms with Crippen molar-refractivity contribution in [1.82, 2.24) is 29.2 Å². The third-order valence-electron chi connectivity index (χ3n) is 5.21. The van der Waals surface area contributed by atoms with E-state index >= 15 is 0 Å². The van der Waals surface area contributed by atoms with Crippen molar-refractivity contribution >= 4 is 5.97 Å². The number of nitrogens with zero attached hydrogens (tertiary/aromatic N) is 6. The fourth-order valence-corrected chi connectivity index (χ4v) is 3.81. The Balaban J connectivity index is 0.000000298. The molecule has 29 heavy (non-hydrogen) atoms. The van der Waals surface area contributed by atoms with Gasteiger partial charge in [-0.25, -0.2) is 19.4 Å². The number of carboxylic acids is 1. The lowest BCUT2D eigenvalue weighted by Crippen LogP contribution is -2.37. The number of alkyl halides is 3. The number of fused-ring (bicyclic) bond motifs is 1. The van der Waals surface area contributed by atoms with Gasteiger partial charge in [-0.05, 0) is 18.8 Å².